The van der Waals surface area contributed by atoms with Crippen LogP contribution < -0.4 is 4.90 Å². The van der Waals surface area contributed by atoms with Crippen molar-refractivity contribution >= 4 is 17.5 Å². The van der Waals surface area contributed by atoms with E-state index >= 15 is 0 Å². The molecule has 0 N–H and O–H groups in total. The molecule has 6 heteroatoms. The summed E-state index contributed by atoms with van der Waals surface area (Å²) < 4.78 is 19.7. The Morgan fingerprint density at radius 2 is 2.04 bits per heavy atom. The van der Waals surface area contributed by atoms with Crippen molar-refractivity contribution in [2.75, 3.05) is 24.6 Å². The molecule has 3 atom stereocenters. The molecule has 5 nitrogen and oxygen atoms in total. The topological polar surface area (TPSA) is 49.9 Å². The number of morpholine rings is 1. The molecule has 2 aliphatic heterocycles. The van der Waals surface area contributed by atoms with E-state index in [0.717, 1.165) is 5.56 Å². The van der Waals surface area contributed by atoms with Gasteiger partial charge in [-0.3, -0.25) is 9.59 Å². The first kappa shape index (κ1) is 16.9. The molecule has 2 aliphatic rings. The molecule has 2 fully saturated rings. The van der Waals surface area contributed by atoms with Crippen LogP contribution in [0.25, 0.3) is 0 Å². The van der Waals surface area contributed by atoms with Crippen molar-refractivity contribution < 1.29 is 18.7 Å². The van der Waals surface area contributed by atoms with Crippen LogP contribution >= 0.6 is 0 Å². The van der Waals surface area contributed by atoms with Crippen LogP contribution in [0.1, 0.15) is 25.8 Å². The molecule has 130 valence electrons. The van der Waals surface area contributed by atoms with Crippen molar-refractivity contribution in [2.24, 2.45) is 5.92 Å². The van der Waals surface area contributed by atoms with Crippen LogP contribution in [0.5, 0.6) is 0 Å². The Morgan fingerprint density at radius 3 is 2.75 bits per heavy atom. The monoisotopic (exact) mass is 334 g/mol. The number of hydrogen-bond donors (Lipinski definition) is 0. The average molecular weight is 334 g/mol. The Bertz CT molecular complexity index is 664. The molecule has 3 rings (SSSR count). The van der Waals surface area contributed by atoms with Gasteiger partial charge >= 0.3 is 0 Å². The van der Waals surface area contributed by atoms with E-state index in [9.17, 15) is 14.0 Å². The molecule has 1 aromatic rings. The number of amides is 2. The molecule has 2 amide bonds. The van der Waals surface area contributed by atoms with Crippen molar-refractivity contribution in [1.29, 1.82) is 0 Å². The number of carbonyl (C=O) groups excluding carboxylic acids is 2. The molecule has 2 heterocycles. The van der Waals surface area contributed by atoms with Crippen molar-refractivity contribution in [3.63, 3.8) is 0 Å². The van der Waals surface area contributed by atoms with Gasteiger partial charge < -0.3 is 14.5 Å². The zero-order valence-electron chi connectivity index (χ0n) is 14.3. The summed E-state index contributed by atoms with van der Waals surface area (Å²) >= 11 is 0. The quantitative estimate of drug-likeness (QED) is 0.832. The van der Waals surface area contributed by atoms with Crippen LogP contribution in [0.3, 0.4) is 0 Å². The number of rotatable bonds is 2. The van der Waals surface area contributed by atoms with Gasteiger partial charge in [-0.1, -0.05) is 6.07 Å². The normalized spacial score (nSPS) is 27.7. The Labute approximate surface area is 141 Å². The number of benzene rings is 1. The second-order valence-corrected chi connectivity index (χ2v) is 6.84. The lowest BCUT2D eigenvalue weighted by atomic mass is 10.0. The van der Waals surface area contributed by atoms with Gasteiger partial charge in [-0.2, -0.15) is 0 Å². The molecule has 0 aliphatic carbocycles. The van der Waals surface area contributed by atoms with E-state index in [4.69, 9.17) is 4.74 Å². The lowest BCUT2D eigenvalue weighted by molar-refractivity contribution is -0.147. The fraction of sp³-hybridized carbons (Fsp3) is 0.556. The summed E-state index contributed by atoms with van der Waals surface area (Å²) in [6.07, 6.45) is 0.123. The van der Waals surface area contributed by atoms with E-state index in [1.54, 1.807) is 24.0 Å². The minimum Gasteiger partial charge on any atom is -0.375 e. The highest BCUT2D eigenvalue weighted by Gasteiger charge is 2.40. The Kier molecular flexibility index (Phi) is 4.58. The number of aryl methyl sites for hydroxylation is 1. The van der Waals surface area contributed by atoms with Crippen LogP contribution in [-0.2, 0) is 14.3 Å². The van der Waals surface area contributed by atoms with Crippen molar-refractivity contribution in [2.45, 2.75) is 39.3 Å². The van der Waals surface area contributed by atoms with Gasteiger partial charge in [0, 0.05) is 19.5 Å². The molecule has 0 spiro atoms. The lowest BCUT2D eigenvalue weighted by Crippen LogP contribution is -2.52. The van der Waals surface area contributed by atoms with Crippen LogP contribution in [0.2, 0.25) is 0 Å². The largest absolute Gasteiger partial charge is 0.375 e. The van der Waals surface area contributed by atoms with Gasteiger partial charge in [0.05, 0.1) is 30.4 Å². The molecule has 0 radical (unpaired) electrons. The third kappa shape index (κ3) is 3.15. The van der Waals surface area contributed by atoms with E-state index in [2.05, 4.69) is 0 Å². The first-order valence-corrected chi connectivity index (χ1v) is 8.35. The number of anilines is 1. The van der Waals surface area contributed by atoms with Crippen LogP contribution in [0.4, 0.5) is 10.1 Å². The van der Waals surface area contributed by atoms with Gasteiger partial charge in [-0.15, -0.1) is 0 Å². The molecular weight excluding hydrogens is 311 g/mol. The zero-order chi connectivity index (χ0) is 17.4. The number of nitrogens with zero attached hydrogens (tertiary/aromatic N) is 2. The van der Waals surface area contributed by atoms with Crippen molar-refractivity contribution in [3.8, 4) is 0 Å². The van der Waals surface area contributed by atoms with Crippen LogP contribution in [0, 0.1) is 18.7 Å². The highest BCUT2D eigenvalue weighted by atomic mass is 19.1. The maximum atomic E-state index is 14.2. The van der Waals surface area contributed by atoms with E-state index < -0.39 is 11.7 Å². The summed E-state index contributed by atoms with van der Waals surface area (Å²) in [5.41, 5.74) is 1.05. The smallest absolute Gasteiger partial charge is 0.228 e. The van der Waals surface area contributed by atoms with Gasteiger partial charge in [0.15, 0.2) is 0 Å². The van der Waals surface area contributed by atoms with E-state index in [0.29, 0.717) is 13.2 Å². The molecule has 0 saturated carbocycles. The summed E-state index contributed by atoms with van der Waals surface area (Å²) in [6.45, 7) is 6.94. The van der Waals surface area contributed by atoms with E-state index in [1.807, 2.05) is 13.8 Å². The summed E-state index contributed by atoms with van der Waals surface area (Å²) in [5.74, 6) is -1.10. The second kappa shape index (κ2) is 6.51. The Hall–Kier alpha value is -1.95. The molecule has 24 heavy (non-hydrogen) atoms. The SMILES string of the molecule is Cc1ccc(N2C[C@H](C(=O)N3C[C@H](C)OC[C@@H]3C)CC2=O)c(F)c1. The van der Waals surface area contributed by atoms with Gasteiger partial charge in [0.2, 0.25) is 11.8 Å². The molecule has 2 saturated heterocycles. The highest BCUT2D eigenvalue weighted by molar-refractivity contribution is 6.00. The predicted octanol–water partition coefficient (Wildman–Crippen LogP) is 2.12. The minimum atomic E-state index is -0.426. The zero-order valence-corrected chi connectivity index (χ0v) is 14.3. The van der Waals surface area contributed by atoms with Gasteiger partial charge in [-0.05, 0) is 38.5 Å². The van der Waals surface area contributed by atoms with E-state index in [1.165, 1.54) is 11.0 Å². The minimum absolute atomic E-state index is 0.00559. The average Bonchev–Trinajstić information content (AvgIpc) is 2.91. The van der Waals surface area contributed by atoms with Crippen LogP contribution in [-0.4, -0.2) is 48.6 Å². The fourth-order valence-corrected chi connectivity index (χ4v) is 3.38. The van der Waals surface area contributed by atoms with E-state index in [-0.39, 0.29) is 42.6 Å². The third-order valence-corrected chi connectivity index (χ3v) is 4.76. The number of halogens is 1. The maximum Gasteiger partial charge on any atom is 0.228 e. The summed E-state index contributed by atoms with van der Waals surface area (Å²) in [6, 6.07) is 4.78. The van der Waals surface area contributed by atoms with Gasteiger partial charge in [-0.25, -0.2) is 4.39 Å². The van der Waals surface area contributed by atoms with Crippen molar-refractivity contribution in [1.82, 2.24) is 4.90 Å². The summed E-state index contributed by atoms with van der Waals surface area (Å²) in [4.78, 5) is 28.3. The lowest BCUT2D eigenvalue weighted by Gasteiger charge is -2.38. The molecule has 0 aromatic heterocycles. The standard InChI is InChI=1S/C18H23FN2O3/c1-11-4-5-16(15(19)6-11)21-9-14(7-17(21)22)18(23)20-8-13(3)24-10-12(20)2/h4-6,12-14H,7-10H2,1-3H3/t12-,13-,14+/m0/s1. The molecule has 1 aromatic carbocycles. The molecule has 0 unspecified atom stereocenters. The van der Waals surface area contributed by atoms with Crippen LogP contribution in [0.15, 0.2) is 18.2 Å². The Morgan fingerprint density at radius 1 is 1.29 bits per heavy atom. The van der Waals surface area contributed by atoms with Gasteiger partial charge in [0.25, 0.3) is 0 Å². The second-order valence-electron chi connectivity index (χ2n) is 6.84. The summed E-state index contributed by atoms with van der Waals surface area (Å²) in [5, 5.41) is 0. The maximum absolute atomic E-state index is 14.2. The number of carbonyl (C=O) groups is 2. The fourth-order valence-electron chi connectivity index (χ4n) is 3.38. The third-order valence-electron chi connectivity index (χ3n) is 4.76. The first-order valence-electron chi connectivity index (χ1n) is 8.35. The predicted molar refractivity (Wildman–Crippen MR) is 88.2 cm³/mol. The first-order chi connectivity index (χ1) is 11.4. The highest BCUT2D eigenvalue weighted by Crippen LogP contribution is 2.29. The molecule has 0 bridgehead atoms. The van der Waals surface area contributed by atoms with Gasteiger partial charge in [0.1, 0.15) is 5.82 Å². The number of hydrogen-bond acceptors (Lipinski definition) is 3. The molecular formula is C18H23FN2O3. The van der Waals surface area contributed by atoms with Crippen molar-refractivity contribution in [3.05, 3.63) is 29.6 Å². The summed E-state index contributed by atoms with van der Waals surface area (Å²) in [7, 11) is 0. The number of ether oxygens (including phenoxy) is 1. The Balaban J connectivity index is 1.75.